The highest BCUT2D eigenvalue weighted by molar-refractivity contribution is 4.93. The average molecular weight is 698 g/mol. The number of hydrogen-bond acceptors (Lipinski definition) is 3. The van der Waals surface area contributed by atoms with Gasteiger partial charge in [-0.1, -0.05) is 165 Å². The Morgan fingerprint density at radius 1 is 0.400 bits per heavy atom. The second-order valence-corrected chi connectivity index (χ2v) is 15.5. The molecule has 50 heavy (non-hydrogen) atoms. The predicted octanol–water partition coefficient (Wildman–Crippen LogP) is 14.4. The van der Waals surface area contributed by atoms with Gasteiger partial charge < -0.3 is 14.4 Å². The van der Waals surface area contributed by atoms with E-state index in [0.29, 0.717) is 11.8 Å². The Labute approximate surface area is 314 Å². The van der Waals surface area contributed by atoms with Gasteiger partial charge in [0.25, 0.3) is 0 Å². The van der Waals surface area contributed by atoms with Crippen LogP contribution in [0.15, 0.2) is 48.6 Å². The Morgan fingerprint density at radius 2 is 0.700 bits per heavy atom. The monoisotopic (exact) mass is 698 g/mol. The number of allylic oxidation sites excluding steroid dienone is 8. The van der Waals surface area contributed by atoms with Gasteiger partial charge in [0, 0.05) is 38.1 Å². The molecular weight excluding hydrogens is 611 g/mol. The van der Waals surface area contributed by atoms with Crippen LogP contribution in [0, 0.1) is 11.8 Å². The van der Waals surface area contributed by atoms with E-state index < -0.39 is 0 Å². The summed E-state index contributed by atoms with van der Waals surface area (Å²) in [6, 6.07) is 0. The first-order chi connectivity index (χ1) is 24.8. The van der Waals surface area contributed by atoms with Crippen LogP contribution >= 0.6 is 0 Å². The molecule has 1 aliphatic rings. The average Bonchev–Trinajstić information content (AvgIpc) is 3.48. The lowest BCUT2D eigenvalue weighted by atomic mass is 9.98. The van der Waals surface area contributed by atoms with Crippen LogP contribution in [0.4, 0.5) is 0 Å². The van der Waals surface area contributed by atoms with Crippen molar-refractivity contribution in [3.8, 4) is 0 Å². The molecule has 0 bridgehead atoms. The molecule has 0 aromatic carbocycles. The lowest BCUT2D eigenvalue weighted by molar-refractivity contribution is 0.0482. The van der Waals surface area contributed by atoms with Crippen molar-refractivity contribution in [1.82, 2.24) is 4.90 Å². The molecule has 1 rings (SSSR count). The van der Waals surface area contributed by atoms with Crippen molar-refractivity contribution >= 4 is 0 Å². The largest absolute Gasteiger partial charge is 0.381 e. The molecule has 1 heterocycles. The van der Waals surface area contributed by atoms with E-state index in [1.165, 1.54) is 167 Å². The van der Waals surface area contributed by atoms with Gasteiger partial charge in [-0.3, -0.25) is 0 Å². The first-order valence-corrected chi connectivity index (χ1v) is 22.2. The van der Waals surface area contributed by atoms with Crippen molar-refractivity contribution in [2.24, 2.45) is 11.8 Å². The lowest BCUT2D eigenvalue weighted by Crippen LogP contribution is -2.23. The topological polar surface area (TPSA) is 21.7 Å². The van der Waals surface area contributed by atoms with Gasteiger partial charge in [0.2, 0.25) is 0 Å². The van der Waals surface area contributed by atoms with Crippen LogP contribution in [0.2, 0.25) is 0 Å². The maximum Gasteiger partial charge on any atom is 0.0510 e. The Morgan fingerprint density at radius 3 is 1.04 bits per heavy atom. The first kappa shape index (κ1) is 46.9. The number of ether oxygens (including phenoxy) is 2. The molecule has 0 aliphatic carbocycles. The standard InChI is InChI=1S/C47H87NO2/c1-4-6-8-10-12-14-16-18-20-22-24-26-28-30-32-34-36-38-40-49-44-46-42-48(3)43-47(46)45-50-41-39-37-35-33-31-29-27-25-23-21-19-17-15-13-11-9-7-5-2/h12-15,18-21,46-47H,4-11,16-17,22-45H2,1-3H3/b14-12-,15-13-,20-18-,21-19-/t46-,47?/m0/s1. The van der Waals surface area contributed by atoms with E-state index >= 15 is 0 Å². The minimum absolute atomic E-state index is 0.634. The fraction of sp³-hybridized carbons (Fsp3) is 0.830. The van der Waals surface area contributed by atoms with Crippen LogP contribution in [0.1, 0.15) is 194 Å². The van der Waals surface area contributed by atoms with E-state index in [-0.39, 0.29) is 0 Å². The molecule has 0 radical (unpaired) electrons. The minimum atomic E-state index is 0.634. The zero-order valence-electron chi connectivity index (χ0n) is 34.1. The van der Waals surface area contributed by atoms with E-state index in [2.05, 4.69) is 74.4 Å². The molecule has 0 amide bonds. The third-order valence-electron chi connectivity index (χ3n) is 10.4. The number of likely N-dealkylation sites (tertiary alicyclic amines) is 1. The molecule has 1 saturated heterocycles. The van der Waals surface area contributed by atoms with Crippen LogP contribution < -0.4 is 0 Å². The third kappa shape index (κ3) is 32.7. The molecule has 0 N–H and O–H groups in total. The minimum Gasteiger partial charge on any atom is -0.381 e. The summed E-state index contributed by atoms with van der Waals surface area (Å²) in [4.78, 5) is 2.47. The Bertz CT molecular complexity index is 722. The third-order valence-corrected chi connectivity index (χ3v) is 10.4. The van der Waals surface area contributed by atoms with Gasteiger partial charge >= 0.3 is 0 Å². The van der Waals surface area contributed by atoms with Crippen LogP contribution in [0.25, 0.3) is 0 Å². The van der Waals surface area contributed by atoms with Gasteiger partial charge in [-0.15, -0.1) is 0 Å². The van der Waals surface area contributed by atoms with E-state index in [1.807, 2.05) is 0 Å². The Kier molecular flexibility index (Phi) is 36.6. The fourth-order valence-electron chi connectivity index (χ4n) is 7.11. The Balaban J connectivity index is 1.85. The van der Waals surface area contributed by atoms with E-state index in [4.69, 9.17) is 9.47 Å². The molecular formula is C47H87NO2. The quantitative estimate of drug-likeness (QED) is 0.0473. The van der Waals surface area contributed by atoms with E-state index in [0.717, 1.165) is 52.4 Å². The highest BCUT2D eigenvalue weighted by atomic mass is 16.5. The predicted molar refractivity (Wildman–Crippen MR) is 223 cm³/mol. The molecule has 292 valence electrons. The van der Waals surface area contributed by atoms with Gasteiger partial charge in [-0.2, -0.15) is 0 Å². The van der Waals surface area contributed by atoms with Crippen LogP contribution in [0.5, 0.6) is 0 Å². The van der Waals surface area contributed by atoms with Gasteiger partial charge in [-0.25, -0.2) is 0 Å². The summed E-state index contributed by atoms with van der Waals surface area (Å²) in [5.41, 5.74) is 0. The van der Waals surface area contributed by atoms with Gasteiger partial charge in [0.1, 0.15) is 0 Å². The molecule has 3 heteroatoms. The lowest BCUT2D eigenvalue weighted by Gasteiger charge is -2.18. The number of unbranched alkanes of at least 4 members (excludes halogenated alkanes) is 22. The smallest absolute Gasteiger partial charge is 0.0510 e. The maximum absolute atomic E-state index is 6.17. The van der Waals surface area contributed by atoms with Crippen molar-refractivity contribution in [2.45, 2.75) is 194 Å². The normalized spacial score (nSPS) is 17.3. The zero-order valence-corrected chi connectivity index (χ0v) is 34.1. The molecule has 0 aromatic heterocycles. The summed E-state index contributed by atoms with van der Waals surface area (Å²) >= 11 is 0. The summed E-state index contributed by atoms with van der Waals surface area (Å²) < 4.78 is 12.3. The van der Waals surface area contributed by atoms with Crippen LogP contribution in [0.3, 0.4) is 0 Å². The van der Waals surface area contributed by atoms with Crippen molar-refractivity contribution in [3.63, 3.8) is 0 Å². The second kappa shape index (κ2) is 39.1. The van der Waals surface area contributed by atoms with E-state index in [1.54, 1.807) is 0 Å². The SMILES string of the molecule is CCCCC/C=C\C/C=C\CCCCCCCCCCOCC1CN(C)C[C@H]1COCCCCCCCCCC/C=C\C/C=C\CCCCC. The second-order valence-electron chi connectivity index (χ2n) is 15.5. The fourth-order valence-corrected chi connectivity index (χ4v) is 7.11. The molecule has 2 atom stereocenters. The summed E-state index contributed by atoms with van der Waals surface area (Å²) in [5, 5.41) is 0. The van der Waals surface area contributed by atoms with Crippen LogP contribution in [-0.2, 0) is 9.47 Å². The molecule has 1 aliphatic heterocycles. The van der Waals surface area contributed by atoms with Crippen molar-refractivity contribution < 1.29 is 9.47 Å². The summed E-state index contributed by atoms with van der Waals surface area (Å²) in [6.45, 7) is 10.5. The van der Waals surface area contributed by atoms with Crippen LogP contribution in [-0.4, -0.2) is 51.5 Å². The summed E-state index contributed by atoms with van der Waals surface area (Å²) in [6.07, 6.45) is 55.8. The first-order valence-electron chi connectivity index (χ1n) is 22.2. The molecule has 1 fully saturated rings. The number of rotatable bonds is 38. The molecule has 0 saturated carbocycles. The molecule has 0 aromatic rings. The highest BCUT2D eigenvalue weighted by Crippen LogP contribution is 2.23. The van der Waals surface area contributed by atoms with E-state index in [9.17, 15) is 0 Å². The number of nitrogens with zero attached hydrogens (tertiary/aromatic N) is 1. The zero-order chi connectivity index (χ0) is 35.8. The maximum atomic E-state index is 6.17. The van der Waals surface area contributed by atoms with Crippen molar-refractivity contribution in [3.05, 3.63) is 48.6 Å². The van der Waals surface area contributed by atoms with Crippen molar-refractivity contribution in [1.29, 1.82) is 0 Å². The van der Waals surface area contributed by atoms with Gasteiger partial charge in [0.15, 0.2) is 0 Å². The summed E-state index contributed by atoms with van der Waals surface area (Å²) in [5.74, 6) is 1.27. The van der Waals surface area contributed by atoms with Gasteiger partial charge in [-0.05, 0) is 84.1 Å². The Hall–Kier alpha value is -1.16. The molecule has 3 nitrogen and oxygen atoms in total. The summed E-state index contributed by atoms with van der Waals surface area (Å²) in [7, 11) is 2.25. The van der Waals surface area contributed by atoms with Crippen molar-refractivity contribution in [2.75, 3.05) is 46.6 Å². The number of hydrogen-bond donors (Lipinski definition) is 0. The molecule has 1 unspecified atom stereocenters. The van der Waals surface area contributed by atoms with Gasteiger partial charge in [0.05, 0.1) is 13.2 Å². The molecule has 0 spiro atoms. The highest BCUT2D eigenvalue weighted by Gasteiger charge is 2.30.